The maximum Gasteiger partial charge on any atom is 0.349 e. The molecule has 0 aliphatic carbocycles. The largest absolute Gasteiger partial charge is 0.422 e. The highest BCUT2D eigenvalue weighted by atomic mass is 32.1. The second kappa shape index (κ2) is 6.55. The molecule has 0 radical (unpaired) electrons. The van der Waals surface area contributed by atoms with Gasteiger partial charge in [0, 0.05) is 11.8 Å². The first kappa shape index (κ1) is 19.4. The van der Waals surface area contributed by atoms with Gasteiger partial charge in [0.05, 0.1) is 16.0 Å². The van der Waals surface area contributed by atoms with E-state index in [0.717, 1.165) is 16.9 Å². The van der Waals surface area contributed by atoms with Gasteiger partial charge in [0.2, 0.25) is 0 Å². The molecule has 148 valence electrons. The van der Waals surface area contributed by atoms with Crippen LogP contribution in [0.15, 0.2) is 39.5 Å². The average molecular weight is 409 g/mol. The molecule has 0 fully saturated rings. The van der Waals surface area contributed by atoms with Crippen LogP contribution < -0.4 is 16.3 Å². The quantitative estimate of drug-likeness (QED) is 0.636. The number of thiophene rings is 1. The minimum atomic E-state index is -0.698. The number of hydrogen-bond donors (Lipinski definition) is 2. The zero-order chi connectivity index (χ0) is 21.0. The molecule has 29 heavy (non-hydrogen) atoms. The Morgan fingerprint density at radius 3 is 2.72 bits per heavy atom. The molecule has 1 aromatic carbocycles. The Balaban J connectivity index is 1.75. The number of quaternary nitrogens is 1. The molecule has 4 rings (SSSR count). The Labute approximate surface area is 172 Å². The minimum absolute atomic E-state index is 0.0517. The molecule has 3 N–H and O–H groups in total. The van der Waals surface area contributed by atoms with Gasteiger partial charge in [0.25, 0.3) is 5.91 Å². The summed E-state index contributed by atoms with van der Waals surface area (Å²) < 4.78 is 5.27. The van der Waals surface area contributed by atoms with Crippen molar-refractivity contribution in [3.05, 3.63) is 62.3 Å². The van der Waals surface area contributed by atoms with Crippen LogP contribution in [0.5, 0.6) is 0 Å². The monoisotopic (exact) mass is 408 g/mol. The number of nitrogens with zero attached hydrogens (tertiary/aromatic N) is 1. The Kier molecular flexibility index (Phi) is 4.37. The fraction of sp³-hybridized carbons (Fsp3) is 0.318. The summed E-state index contributed by atoms with van der Waals surface area (Å²) in [7, 11) is 0. The Hall–Kier alpha value is -2.95. The summed E-state index contributed by atoms with van der Waals surface area (Å²) in [5.74, 6) is -0.569. The second-order valence-corrected chi connectivity index (χ2v) is 9.72. The molecule has 0 atom stereocenters. The third-order valence-corrected chi connectivity index (χ3v) is 6.69. The molecule has 0 unspecified atom stereocenters. The zero-order valence-corrected chi connectivity index (χ0v) is 17.6. The normalized spacial score (nSPS) is 16.8. The molecular weight excluding hydrogens is 386 g/mol. The van der Waals surface area contributed by atoms with Gasteiger partial charge < -0.3 is 15.1 Å². The fourth-order valence-electron chi connectivity index (χ4n) is 4.30. The summed E-state index contributed by atoms with van der Waals surface area (Å²) in [6.07, 6.45) is 0.735. The van der Waals surface area contributed by atoms with Crippen molar-refractivity contribution < 1.29 is 14.5 Å². The molecule has 0 bridgehead atoms. The van der Waals surface area contributed by atoms with Crippen LogP contribution in [0.4, 0.5) is 5.00 Å². The number of nitrogens with one attached hydrogen (secondary N) is 1. The lowest BCUT2D eigenvalue weighted by Gasteiger charge is -2.38. The number of nitriles is 1. The number of anilines is 1. The molecule has 0 saturated heterocycles. The van der Waals surface area contributed by atoms with Gasteiger partial charge in [-0.2, -0.15) is 5.26 Å². The lowest BCUT2D eigenvalue weighted by atomic mass is 9.81. The molecule has 1 aliphatic heterocycles. The van der Waals surface area contributed by atoms with Crippen molar-refractivity contribution >= 4 is 33.2 Å². The van der Waals surface area contributed by atoms with Gasteiger partial charge in [0.1, 0.15) is 27.8 Å². The topological polar surface area (TPSA) is 99.7 Å². The van der Waals surface area contributed by atoms with Gasteiger partial charge in [-0.1, -0.05) is 18.2 Å². The first-order valence-electron chi connectivity index (χ1n) is 9.39. The summed E-state index contributed by atoms with van der Waals surface area (Å²) >= 11 is 1.41. The van der Waals surface area contributed by atoms with Crippen LogP contribution in [0.25, 0.3) is 11.0 Å². The Morgan fingerprint density at radius 1 is 1.28 bits per heavy atom. The van der Waals surface area contributed by atoms with E-state index in [1.807, 2.05) is 6.07 Å². The van der Waals surface area contributed by atoms with Crippen LogP contribution in [0, 0.1) is 11.3 Å². The van der Waals surface area contributed by atoms with Crippen LogP contribution >= 0.6 is 11.3 Å². The molecule has 7 heteroatoms. The number of fused-ring (bicyclic) bond motifs is 2. The SMILES string of the molecule is CC1(C)Cc2c(sc(NC(=O)c3cc4ccccc4oc3=O)c2C#N)C(C)(C)[NH2+]1. The maximum atomic E-state index is 12.9. The highest BCUT2D eigenvalue weighted by Gasteiger charge is 2.44. The predicted molar refractivity (Wildman–Crippen MR) is 112 cm³/mol. The van der Waals surface area contributed by atoms with Crippen molar-refractivity contribution in [3.8, 4) is 6.07 Å². The number of benzene rings is 1. The van der Waals surface area contributed by atoms with Crippen molar-refractivity contribution in [1.29, 1.82) is 5.26 Å². The summed E-state index contributed by atoms with van der Waals surface area (Å²) in [4.78, 5) is 26.3. The average Bonchev–Trinajstić information content (AvgIpc) is 2.97. The molecule has 2 aromatic heterocycles. The number of nitrogens with two attached hydrogens (primary N) is 1. The fourth-order valence-corrected chi connectivity index (χ4v) is 5.54. The lowest BCUT2D eigenvalue weighted by molar-refractivity contribution is -0.789. The Morgan fingerprint density at radius 2 is 2.00 bits per heavy atom. The maximum absolute atomic E-state index is 12.9. The molecular formula is C22H22N3O3S+. The predicted octanol–water partition coefficient (Wildman–Crippen LogP) is 3.11. The number of carbonyl (C=O) groups is 1. The zero-order valence-electron chi connectivity index (χ0n) is 16.8. The molecule has 0 saturated carbocycles. The highest BCUT2D eigenvalue weighted by Crippen LogP contribution is 2.41. The van der Waals surface area contributed by atoms with E-state index in [2.05, 4.69) is 44.4 Å². The van der Waals surface area contributed by atoms with Crippen LogP contribution in [0.1, 0.15) is 54.1 Å². The molecule has 6 nitrogen and oxygen atoms in total. The summed E-state index contributed by atoms with van der Waals surface area (Å²) in [6.45, 7) is 8.53. The molecule has 3 aromatic rings. The van der Waals surface area contributed by atoms with Gasteiger partial charge in [-0.3, -0.25) is 4.79 Å². The van der Waals surface area contributed by atoms with E-state index in [1.165, 1.54) is 17.4 Å². The van der Waals surface area contributed by atoms with E-state index in [9.17, 15) is 14.9 Å². The van der Waals surface area contributed by atoms with E-state index < -0.39 is 11.5 Å². The van der Waals surface area contributed by atoms with Crippen LogP contribution in [-0.2, 0) is 12.0 Å². The van der Waals surface area contributed by atoms with E-state index in [4.69, 9.17) is 4.42 Å². The van der Waals surface area contributed by atoms with E-state index in [1.54, 1.807) is 18.2 Å². The smallest absolute Gasteiger partial charge is 0.349 e. The van der Waals surface area contributed by atoms with E-state index >= 15 is 0 Å². The van der Waals surface area contributed by atoms with Crippen molar-refractivity contribution in [1.82, 2.24) is 0 Å². The second-order valence-electron chi connectivity index (χ2n) is 8.70. The van der Waals surface area contributed by atoms with Gasteiger partial charge >= 0.3 is 5.63 Å². The number of rotatable bonds is 2. The van der Waals surface area contributed by atoms with Crippen molar-refractivity contribution in [2.45, 2.75) is 45.2 Å². The van der Waals surface area contributed by atoms with Crippen molar-refractivity contribution in [2.24, 2.45) is 0 Å². The molecule has 0 spiro atoms. The third kappa shape index (κ3) is 3.35. The van der Waals surface area contributed by atoms with Gasteiger partial charge in [-0.15, -0.1) is 11.3 Å². The lowest BCUT2D eigenvalue weighted by Crippen LogP contribution is -3.03. The van der Waals surface area contributed by atoms with Crippen LogP contribution in [-0.4, -0.2) is 11.4 Å². The number of amides is 1. The molecule has 1 aliphatic rings. The van der Waals surface area contributed by atoms with Gasteiger partial charge in [-0.25, -0.2) is 4.79 Å². The molecule has 1 amide bonds. The van der Waals surface area contributed by atoms with Crippen molar-refractivity contribution in [2.75, 3.05) is 5.32 Å². The van der Waals surface area contributed by atoms with Gasteiger partial charge in [-0.05, 0) is 45.4 Å². The molecule has 3 heterocycles. The third-order valence-electron chi connectivity index (χ3n) is 5.20. The Bertz CT molecular complexity index is 1240. The minimum Gasteiger partial charge on any atom is -0.422 e. The number of carbonyl (C=O) groups excluding carboxylic acids is 1. The highest BCUT2D eigenvalue weighted by molar-refractivity contribution is 7.16. The van der Waals surface area contributed by atoms with Crippen LogP contribution in [0.2, 0.25) is 0 Å². The van der Waals surface area contributed by atoms with E-state index in [-0.39, 0.29) is 16.6 Å². The van der Waals surface area contributed by atoms with Crippen molar-refractivity contribution in [3.63, 3.8) is 0 Å². The summed E-state index contributed by atoms with van der Waals surface area (Å²) in [6, 6.07) is 10.8. The summed E-state index contributed by atoms with van der Waals surface area (Å²) in [5, 5.41) is 16.0. The summed E-state index contributed by atoms with van der Waals surface area (Å²) in [5.41, 5.74) is 0.856. The number of para-hydroxylation sites is 1. The standard InChI is InChI=1S/C22H21N3O3S/c1-21(2)10-14-15(11-23)19(29-17(14)22(3,4)25-21)24-18(26)13-9-12-7-5-6-8-16(12)28-20(13)27/h5-9,25H,10H2,1-4H3,(H,24,26)/p+1. The first-order valence-corrected chi connectivity index (χ1v) is 10.2. The van der Waals surface area contributed by atoms with E-state index in [0.29, 0.717) is 21.5 Å². The van der Waals surface area contributed by atoms with Crippen LogP contribution in [0.3, 0.4) is 0 Å². The first-order chi connectivity index (χ1) is 13.6. The number of hydrogen-bond acceptors (Lipinski definition) is 5. The van der Waals surface area contributed by atoms with Gasteiger partial charge in [0.15, 0.2) is 0 Å².